The molecule has 0 unspecified atom stereocenters. The number of pyridine rings is 1. The Bertz CT molecular complexity index is 528. The summed E-state index contributed by atoms with van der Waals surface area (Å²) in [5, 5.41) is 0. The molecule has 1 fully saturated rings. The van der Waals surface area contributed by atoms with E-state index in [1.165, 1.54) is 0 Å². The molecule has 0 aliphatic carbocycles. The summed E-state index contributed by atoms with van der Waals surface area (Å²) in [7, 11) is 3.53. The van der Waals surface area contributed by atoms with E-state index in [0.29, 0.717) is 5.88 Å². The van der Waals surface area contributed by atoms with Gasteiger partial charge in [0.2, 0.25) is 5.88 Å². The molecule has 0 radical (unpaired) electrons. The van der Waals surface area contributed by atoms with Crippen LogP contribution in [0.5, 0.6) is 5.88 Å². The van der Waals surface area contributed by atoms with Crippen molar-refractivity contribution in [1.82, 2.24) is 4.98 Å². The van der Waals surface area contributed by atoms with Crippen LogP contribution < -0.4 is 15.1 Å². The maximum atomic E-state index is 6.08. The Morgan fingerprint density at radius 2 is 1.68 bits per heavy atom. The van der Waals surface area contributed by atoms with E-state index in [1.807, 2.05) is 66.6 Å². The van der Waals surface area contributed by atoms with E-state index in [4.69, 9.17) is 14.0 Å². The molecule has 6 heteroatoms. The quantitative estimate of drug-likeness (QED) is 0.798. The lowest BCUT2D eigenvalue weighted by Gasteiger charge is -2.32. The Morgan fingerprint density at radius 3 is 2.14 bits per heavy atom. The third kappa shape index (κ3) is 3.23. The van der Waals surface area contributed by atoms with Crippen LogP contribution in [0.15, 0.2) is 12.3 Å². The number of rotatable bonds is 4. The molecular formula is C16H27BN2O3. The number of nitrogens with zero attached hydrogens (tertiary/aromatic N) is 2. The zero-order valence-corrected chi connectivity index (χ0v) is 14.9. The van der Waals surface area contributed by atoms with Crippen LogP contribution in [0, 0.1) is 0 Å². The van der Waals surface area contributed by atoms with Crippen molar-refractivity contribution in [2.24, 2.45) is 0 Å². The minimum absolute atomic E-state index is 0.0777. The summed E-state index contributed by atoms with van der Waals surface area (Å²) in [6, 6.07) is 2.02. The maximum Gasteiger partial charge on any atom is 0.496 e. The fourth-order valence-corrected chi connectivity index (χ4v) is 2.20. The van der Waals surface area contributed by atoms with Gasteiger partial charge in [-0.25, -0.2) is 4.98 Å². The number of hydrogen-bond acceptors (Lipinski definition) is 5. The first kappa shape index (κ1) is 17.1. The first-order valence-electron chi connectivity index (χ1n) is 7.73. The van der Waals surface area contributed by atoms with Gasteiger partial charge in [0.1, 0.15) is 0 Å². The van der Waals surface area contributed by atoms with Crippen molar-refractivity contribution in [3.8, 4) is 5.88 Å². The van der Waals surface area contributed by atoms with E-state index in [9.17, 15) is 0 Å². The molecule has 0 N–H and O–H groups in total. The van der Waals surface area contributed by atoms with Gasteiger partial charge >= 0.3 is 7.12 Å². The molecule has 1 aliphatic rings. The first-order valence-corrected chi connectivity index (χ1v) is 7.73. The van der Waals surface area contributed by atoms with Gasteiger partial charge in [0, 0.05) is 25.8 Å². The maximum absolute atomic E-state index is 6.08. The standard InChI is InChI=1S/C16H27BN2O3/c1-11(2)20-14-13(19(7)8)9-12(10-18-14)17-21-15(3,4)16(5,6)22-17/h9-11H,1-8H3. The molecule has 0 spiro atoms. The molecule has 5 nitrogen and oxygen atoms in total. The molecule has 2 heterocycles. The molecule has 1 aromatic rings. The highest BCUT2D eigenvalue weighted by Gasteiger charge is 2.52. The third-order valence-corrected chi connectivity index (χ3v) is 4.21. The van der Waals surface area contributed by atoms with Gasteiger partial charge < -0.3 is 18.9 Å². The van der Waals surface area contributed by atoms with Gasteiger partial charge in [-0.05, 0) is 47.6 Å². The van der Waals surface area contributed by atoms with Crippen LogP contribution in [-0.4, -0.2) is 43.5 Å². The molecule has 122 valence electrons. The molecule has 0 aromatic carbocycles. The zero-order chi connectivity index (χ0) is 16.7. The summed E-state index contributed by atoms with van der Waals surface area (Å²) < 4.78 is 17.9. The van der Waals surface area contributed by atoms with Gasteiger partial charge in [-0.1, -0.05) is 0 Å². The molecule has 22 heavy (non-hydrogen) atoms. The van der Waals surface area contributed by atoms with Gasteiger partial charge in [-0.2, -0.15) is 0 Å². The van der Waals surface area contributed by atoms with Crippen LogP contribution in [0.3, 0.4) is 0 Å². The summed E-state index contributed by atoms with van der Waals surface area (Å²) in [6.07, 6.45) is 1.85. The average Bonchev–Trinajstić information content (AvgIpc) is 2.57. The van der Waals surface area contributed by atoms with E-state index in [-0.39, 0.29) is 17.3 Å². The second kappa shape index (κ2) is 5.74. The number of ether oxygens (including phenoxy) is 1. The Hall–Kier alpha value is -1.27. The minimum Gasteiger partial charge on any atom is -0.473 e. The first-order chi connectivity index (χ1) is 10.0. The third-order valence-electron chi connectivity index (χ3n) is 4.21. The lowest BCUT2D eigenvalue weighted by molar-refractivity contribution is 0.00578. The normalized spacial score (nSPS) is 19.6. The van der Waals surface area contributed by atoms with Gasteiger partial charge in [0.25, 0.3) is 0 Å². The van der Waals surface area contributed by atoms with E-state index in [2.05, 4.69) is 4.98 Å². The highest BCUT2D eigenvalue weighted by Crippen LogP contribution is 2.37. The summed E-state index contributed by atoms with van der Waals surface area (Å²) >= 11 is 0. The van der Waals surface area contributed by atoms with Crippen molar-refractivity contribution >= 4 is 18.3 Å². The van der Waals surface area contributed by atoms with Crippen molar-refractivity contribution in [1.29, 1.82) is 0 Å². The lowest BCUT2D eigenvalue weighted by atomic mass is 9.80. The van der Waals surface area contributed by atoms with Gasteiger partial charge in [0.15, 0.2) is 0 Å². The van der Waals surface area contributed by atoms with Crippen molar-refractivity contribution < 1.29 is 14.0 Å². The van der Waals surface area contributed by atoms with Crippen LogP contribution in [-0.2, 0) is 9.31 Å². The van der Waals surface area contributed by atoms with E-state index in [1.54, 1.807) is 6.20 Å². The van der Waals surface area contributed by atoms with Crippen LogP contribution in [0.4, 0.5) is 5.69 Å². The summed E-state index contributed by atoms with van der Waals surface area (Å²) in [5.74, 6) is 0.625. The van der Waals surface area contributed by atoms with Crippen LogP contribution in [0.25, 0.3) is 0 Å². The lowest BCUT2D eigenvalue weighted by Crippen LogP contribution is -2.41. The monoisotopic (exact) mass is 306 g/mol. The fourth-order valence-electron chi connectivity index (χ4n) is 2.20. The Labute approximate surface area is 134 Å². The summed E-state index contributed by atoms with van der Waals surface area (Å²) in [4.78, 5) is 6.44. The number of aromatic nitrogens is 1. The molecule has 0 bridgehead atoms. The van der Waals surface area contributed by atoms with Crippen molar-refractivity contribution in [2.75, 3.05) is 19.0 Å². The molecule has 0 atom stereocenters. The largest absolute Gasteiger partial charge is 0.496 e. The fraction of sp³-hybridized carbons (Fsp3) is 0.688. The zero-order valence-electron chi connectivity index (χ0n) is 14.9. The molecule has 1 saturated heterocycles. The molecular weight excluding hydrogens is 279 g/mol. The van der Waals surface area contributed by atoms with E-state index < -0.39 is 7.12 Å². The topological polar surface area (TPSA) is 43.8 Å². The second-order valence-corrected chi connectivity index (χ2v) is 7.24. The predicted octanol–water partition coefficient (Wildman–Crippen LogP) is 2.23. The summed E-state index contributed by atoms with van der Waals surface area (Å²) in [5.41, 5.74) is 1.10. The number of anilines is 1. The Kier molecular flexibility index (Phi) is 4.46. The van der Waals surface area contributed by atoms with Gasteiger partial charge in [-0.15, -0.1) is 0 Å². The smallest absolute Gasteiger partial charge is 0.473 e. The summed E-state index contributed by atoms with van der Waals surface area (Å²) in [6.45, 7) is 12.2. The van der Waals surface area contributed by atoms with E-state index in [0.717, 1.165) is 11.2 Å². The van der Waals surface area contributed by atoms with Crippen LogP contribution >= 0.6 is 0 Å². The SMILES string of the molecule is CC(C)Oc1ncc(B2OC(C)(C)C(C)(C)O2)cc1N(C)C. The minimum atomic E-state index is -0.413. The molecule has 1 aromatic heterocycles. The highest BCUT2D eigenvalue weighted by atomic mass is 16.7. The van der Waals surface area contributed by atoms with Gasteiger partial charge in [0.05, 0.1) is 23.0 Å². The Balaban J connectivity index is 2.32. The van der Waals surface area contributed by atoms with Crippen LogP contribution in [0.1, 0.15) is 41.5 Å². The molecule has 0 amide bonds. The van der Waals surface area contributed by atoms with Crippen LogP contribution in [0.2, 0.25) is 0 Å². The molecule has 2 rings (SSSR count). The number of hydrogen-bond donors (Lipinski definition) is 0. The highest BCUT2D eigenvalue weighted by molar-refractivity contribution is 6.62. The average molecular weight is 306 g/mol. The van der Waals surface area contributed by atoms with Crippen molar-refractivity contribution in [2.45, 2.75) is 58.8 Å². The Morgan fingerprint density at radius 1 is 1.14 bits per heavy atom. The van der Waals surface area contributed by atoms with Gasteiger partial charge in [-0.3, -0.25) is 0 Å². The molecule has 0 saturated carbocycles. The van der Waals surface area contributed by atoms with E-state index >= 15 is 0 Å². The second-order valence-electron chi connectivity index (χ2n) is 7.24. The molecule has 1 aliphatic heterocycles. The van der Waals surface area contributed by atoms with Crippen molar-refractivity contribution in [3.05, 3.63) is 12.3 Å². The predicted molar refractivity (Wildman–Crippen MR) is 90.0 cm³/mol. The van der Waals surface area contributed by atoms with Crippen molar-refractivity contribution in [3.63, 3.8) is 0 Å².